The number of hydrogen-bond donors (Lipinski definition) is 1. The van der Waals surface area contributed by atoms with Gasteiger partial charge in [0.2, 0.25) is 0 Å². The number of halogens is 2. The lowest BCUT2D eigenvalue weighted by molar-refractivity contribution is 0.417. The third-order valence-electron chi connectivity index (χ3n) is 2.02. The Hall–Kier alpha value is -0.240. The minimum absolute atomic E-state index is 0.402. The molecule has 0 atom stereocenters. The molecule has 0 saturated carbocycles. The highest BCUT2D eigenvalue weighted by atomic mass is 79.9. The summed E-state index contributed by atoms with van der Waals surface area (Å²) < 4.78 is 7.24. The van der Waals surface area contributed by atoms with Crippen LogP contribution in [0.25, 0.3) is 11.5 Å². The smallest absolute Gasteiger partial charge is 0.260 e. The first-order valence-corrected chi connectivity index (χ1v) is 7.47. The minimum Gasteiger partial charge on any atom is -0.334 e. The maximum Gasteiger partial charge on any atom is 0.260 e. The predicted octanol–water partition coefficient (Wildman–Crippen LogP) is 3.82. The highest BCUT2D eigenvalue weighted by molar-refractivity contribution is 9.12. The van der Waals surface area contributed by atoms with E-state index in [2.05, 4.69) is 61.2 Å². The van der Waals surface area contributed by atoms with Crippen molar-refractivity contribution in [2.45, 2.75) is 26.4 Å². The van der Waals surface area contributed by atoms with Gasteiger partial charge in [-0.15, -0.1) is 11.3 Å². The fourth-order valence-electron chi connectivity index (χ4n) is 1.22. The molecule has 0 amide bonds. The number of hydrogen-bond acceptors (Lipinski definition) is 5. The summed E-state index contributed by atoms with van der Waals surface area (Å²) in [6, 6.07) is 2.36. The van der Waals surface area contributed by atoms with Crippen LogP contribution in [-0.4, -0.2) is 16.2 Å². The Kier molecular flexibility index (Phi) is 4.35. The maximum absolute atomic E-state index is 5.23. The molecule has 0 aromatic carbocycles. The molecule has 0 aliphatic rings. The molecule has 17 heavy (non-hydrogen) atoms. The largest absolute Gasteiger partial charge is 0.334 e. The monoisotopic (exact) mass is 379 g/mol. The van der Waals surface area contributed by atoms with Crippen LogP contribution in [0.15, 0.2) is 18.2 Å². The summed E-state index contributed by atoms with van der Waals surface area (Å²) in [6.45, 7) is 4.77. The lowest BCUT2D eigenvalue weighted by Gasteiger charge is -2.03. The Morgan fingerprint density at radius 2 is 2.24 bits per heavy atom. The SMILES string of the molecule is CC(C)NCc1noc(-c2cc(Br)sc2Br)n1. The molecule has 4 nitrogen and oxygen atoms in total. The minimum atomic E-state index is 0.402. The third-order valence-corrected chi connectivity index (χ3v) is 4.36. The highest BCUT2D eigenvalue weighted by Crippen LogP contribution is 2.37. The average molecular weight is 381 g/mol. The van der Waals surface area contributed by atoms with Crippen LogP contribution in [0.1, 0.15) is 19.7 Å². The molecule has 2 heterocycles. The van der Waals surface area contributed by atoms with Crippen LogP contribution in [0.4, 0.5) is 0 Å². The van der Waals surface area contributed by atoms with Crippen molar-refractivity contribution in [2.75, 3.05) is 0 Å². The molecule has 2 rings (SSSR count). The number of thiophene rings is 1. The van der Waals surface area contributed by atoms with Crippen LogP contribution in [0, 0.1) is 0 Å². The van der Waals surface area contributed by atoms with Gasteiger partial charge in [-0.25, -0.2) is 0 Å². The molecule has 0 aliphatic carbocycles. The van der Waals surface area contributed by atoms with Crippen molar-refractivity contribution in [1.29, 1.82) is 0 Å². The number of aromatic nitrogens is 2. The second-order valence-corrected chi connectivity index (χ2v) is 7.54. The zero-order valence-corrected chi connectivity index (χ0v) is 13.3. The van der Waals surface area contributed by atoms with Crippen molar-refractivity contribution in [3.8, 4) is 11.5 Å². The first kappa shape index (κ1) is 13.2. The van der Waals surface area contributed by atoms with E-state index in [0.717, 1.165) is 13.1 Å². The van der Waals surface area contributed by atoms with Gasteiger partial charge in [-0.1, -0.05) is 19.0 Å². The van der Waals surface area contributed by atoms with Crippen molar-refractivity contribution >= 4 is 43.2 Å². The Balaban J connectivity index is 2.15. The van der Waals surface area contributed by atoms with Gasteiger partial charge in [0, 0.05) is 6.04 Å². The number of rotatable bonds is 4. The van der Waals surface area contributed by atoms with E-state index in [1.165, 1.54) is 0 Å². The van der Waals surface area contributed by atoms with Crippen LogP contribution in [0.2, 0.25) is 0 Å². The first-order valence-electron chi connectivity index (χ1n) is 5.07. The average Bonchev–Trinajstić information content (AvgIpc) is 2.82. The molecule has 1 N–H and O–H groups in total. The molecule has 0 radical (unpaired) electrons. The first-order chi connectivity index (χ1) is 8.06. The Labute approximate surface area is 120 Å². The normalized spacial score (nSPS) is 11.4. The summed E-state index contributed by atoms with van der Waals surface area (Å²) in [5.74, 6) is 1.21. The Morgan fingerprint density at radius 3 is 2.82 bits per heavy atom. The van der Waals surface area contributed by atoms with Crippen molar-refractivity contribution in [3.63, 3.8) is 0 Å². The molecular formula is C10H11Br2N3OS. The van der Waals surface area contributed by atoms with E-state index in [9.17, 15) is 0 Å². The molecule has 0 fully saturated rings. The summed E-state index contributed by atoms with van der Waals surface area (Å²) in [5.41, 5.74) is 0.921. The van der Waals surface area contributed by atoms with Crippen LogP contribution < -0.4 is 5.32 Å². The summed E-state index contributed by atoms with van der Waals surface area (Å²) >= 11 is 8.48. The maximum atomic E-state index is 5.23. The molecule has 0 bridgehead atoms. The van der Waals surface area contributed by atoms with Gasteiger partial charge in [0.1, 0.15) is 0 Å². The van der Waals surface area contributed by atoms with Crippen molar-refractivity contribution in [2.24, 2.45) is 0 Å². The van der Waals surface area contributed by atoms with Gasteiger partial charge < -0.3 is 9.84 Å². The summed E-state index contributed by atoms with van der Waals surface area (Å²) in [7, 11) is 0. The molecule has 0 spiro atoms. The lowest BCUT2D eigenvalue weighted by atomic mass is 10.3. The van der Waals surface area contributed by atoms with Crippen molar-refractivity contribution in [3.05, 3.63) is 19.5 Å². The molecule has 2 aromatic rings. The van der Waals surface area contributed by atoms with Gasteiger partial charge in [0.25, 0.3) is 5.89 Å². The fourth-order valence-corrected chi connectivity index (χ4v) is 3.99. The predicted molar refractivity (Wildman–Crippen MR) is 75.0 cm³/mol. The molecule has 0 saturated heterocycles. The van der Waals surface area contributed by atoms with Crippen LogP contribution >= 0.6 is 43.2 Å². The molecule has 0 aliphatic heterocycles. The molecular weight excluding hydrogens is 370 g/mol. The van der Waals surface area contributed by atoms with Crippen molar-refractivity contribution < 1.29 is 4.52 Å². The van der Waals surface area contributed by atoms with E-state index in [0.29, 0.717) is 24.3 Å². The van der Waals surface area contributed by atoms with Crippen LogP contribution in [-0.2, 0) is 6.54 Å². The van der Waals surface area contributed by atoms with Gasteiger partial charge >= 0.3 is 0 Å². The van der Waals surface area contributed by atoms with Gasteiger partial charge in [0.15, 0.2) is 5.82 Å². The molecule has 2 aromatic heterocycles. The highest BCUT2D eigenvalue weighted by Gasteiger charge is 2.14. The summed E-state index contributed by atoms with van der Waals surface area (Å²) in [4.78, 5) is 4.34. The van der Waals surface area contributed by atoms with Gasteiger partial charge in [-0.3, -0.25) is 0 Å². The second kappa shape index (κ2) is 5.60. The zero-order chi connectivity index (χ0) is 12.4. The van der Waals surface area contributed by atoms with Crippen LogP contribution in [0.5, 0.6) is 0 Å². The van der Waals surface area contributed by atoms with Crippen molar-refractivity contribution in [1.82, 2.24) is 15.5 Å². The molecule has 0 unspecified atom stereocenters. The molecule has 92 valence electrons. The van der Waals surface area contributed by atoms with E-state index in [4.69, 9.17) is 4.52 Å². The quantitative estimate of drug-likeness (QED) is 0.875. The number of nitrogens with one attached hydrogen (secondary N) is 1. The summed E-state index contributed by atoms with van der Waals surface area (Å²) in [6.07, 6.45) is 0. The van der Waals surface area contributed by atoms with Gasteiger partial charge in [-0.2, -0.15) is 4.98 Å². The van der Waals surface area contributed by atoms with Gasteiger partial charge in [-0.05, 0) is 37.9 Å². The molecule has 7 heteroatoms. The number of nitrogens with zero attached hydrogens (tertiary/aromatic N) is 2. The Morgan fingerprint density at radius 1 is 1.47 bits per heavy atom. The third kappa shape index (κ3) is 3.37. The van der Waals surface area contributed by atoms with E-state index in [1.807, 2.05) is 6.07 Å². The zero-order valence-electron chi connectivity index (χ0n) is 9.33. The van der Waals surface area contributed by atoms with E-state index < -0.39 is 0 Å². The van der Waals surface area contributed by atoms with E-state index >= 15 is 0 Å². The lowest BCUT2D eigenvalue weighted by Crippen LogP contribution is -2.22. The fraction of sp³-hybridized carbons (Fsp3) is 0.400. The van der Waals surface area contributed by atoms with Gasteiger partial charge in [0.05, 0.1) is 19.7 Å². The van der Waals surface area contributed by atoms with E-state index in [1.54, 1.807) is 11.3 Å². The summed E-state index contributed by atoms with van der Waals surface area (Å²) in [5, 5.41) is 7.18. The topological polar surface area (TPSA) is 51.0 Å². The standard InChI is InChI=1S/C10H11Br2N3OS/c1-5(2)13-4-8-14-10(16-15-8)6-3-7(11)17-9(6)12/h3,5,13H,4H2,1-2H3. The second-order valence-electron chi connectivity index (χ2n) is 3.79. The van der Waals surface area contributed by atoms with Crippen LogP contribution in [0.3, 0.4) is 0 Å². The van der Waals surface area contributed by atoms with E-state index in [-0.39, 0.29) is 0 Å². The Bertz CT molecular complexity index is 509.